The zero-order chi connectivity index (χ0) is 21.3. The van der Waals surface area contributed by atoms with Crippen molar-refractivity contribution in [3.05, 3.63) is 54.1 Å². The Labute approximate surface area is 175 Å². The third-order valence-corrected chi connectivity index (χ3v) is 6.02. The van der Waals surface area contributed by atoms with E-state index in [0.29, 0.717) is 17.4 Å². The summed E-state index contributed by atoms with van der Waals surface area (Å²) in [6.45, 7) is 2.13. The molecule has 1 aliphatic carbocycles. The van der Waals surface area contributed by atoms with Crippen molar-refractivity contribution >= 4 is 23.5 Å². The highest BCUT2D eigenvalue weighted by Gasteiger charge is 2.49. The second-order valence-electron chi connectivity index (χ2n) is 8.14. The Bertz CT molecular complexity index is 951. The Morgan fingerprint density at radius 2 is 1.57 bits per heavy atom. The molecule has 3 atom stereocenters. The molecule has 0 N–H and O–H groups in total. The van der Waals surface area contributed by atoms with Gasteiger partial charge in [-0.1, -0.05) is 19.1 Å². The van der Waals surface area contributed by atoms with Gasteiger partial charge in [-0.2, -0.15) is 0 Å². The van der Waals surface area contributed by atoms with Crippen LogP contribution in [0.2, 0.25) is 0 Å². The van der Waals surface area contributed by atoms with Crippen LogP contribution in [-0.4, -0.2) is 24.9 Å². The molecule has 0 bridgehead atoms. The fourth-order valence-corrected chi connectivity index (χ4v) is 4.38. The van der Waals surface area contributed by atoms with Crippen molar-refractivity contribution in [2.24, 2.45) is 17.8 Å². The maximum atomic E-state index is 12.8. The number of carbonyl (C=O) groups excluding carboxylic acids is 3. The van der Waals surface area contributed by atoms with Gasteiger partial charge in [-0.15, -0.1) is 0 Å². The van der Waals surface area contributed by atoms with E-state index in [1.54, 1.807) is 43.5 Å². The number of benzene rings is 2. The molecular weight excluding hydrogens is 382 g/mol. The van der Waals surface area contributed by atoms with Crippen LogP contribution in [0.1, 0.15) is 31.7 Å². The highest BCUT2D eigenvalue weighted by atomic mass is 16.5. The highest BCUT2D eigenvalue weighted by molar-refractivity contribution is 6.22. The van der Waals surface area contributed by atoms with Gasteiger partial charge in [-0.3, -0.25) is 19.3 Å². The minimum atomic E-state index is -0.388. The van der Waals surface area contributed by atoms with Gasteiger partial charge in [-0.25, -0.2) is 0 Å². The number of amides is 2. The number of rotatable bonds is 5. The Kier molecular flexibility index (Phi) is 5.57. The van der Waals surface area contributed by atoms with Crippen molar-refractivity contribution in [2.45, 2.75) is 32.6 Å². The summed E-state index contributed by atoms with van der Waals surface area (Å²) in [6, 6.07) is 13.8. The van der Waals surface area contributed by atoms with Gasteiger partial charge >= 0.3 is 5.97 Å². The van der Waals surface area contributed by atoms with Crippen molar-refractivity contribution < 1.29 is 23.9 Å². The number of ether oxygens (including phenoxy) is 2. The number of nitrogens with zero attached hydrogens (tertiary/aromatic N) is 1. The van der Waals surface area contributed by atoms with Crippen LogP contribution in [0.5, 0.6) is 11.5 Å². The molecule has 156 valence electrons. The highest BCUT2D eigenvalue weighted by Crippen LogP contribution is 2.42. The Balaban J connectivity index is 1.40. The van der Waals surface area contributed by atoms with E-state index in [-0.39, 0.29) is 36.0 Å². The predicted molar refractivity (Wildman–Crippen MR) is 111 cm³/mol. The minimum Gasteiger partial charge on any atom is -0.497 e. The van der Waals surface area contributed by atoms with Gasteiger partial charge in [0.25, 0.3) is 0 Å². The number of imide groups is 1. The van der Waals surface area contributed by atoms with Gasteiger partial charge in [0.15, 0.2) is 0 Å². The Morgan fingerprint density at radius 1 is 0.933 bits per heavy atom. The topological polar surface area (TPSA) is 72.9 Å². The molecule has 4 rings (SSSR count). The SMILES string of the molecule is COc1ccc(CC(=O)Oc2ccc(N3C(=O)C4CCC(C)CC4C3=O)cc2)cc1. The van der Waals surface area contributed by atoms with Crippen molar-refractivity contribution in [3.8, 4) is 11.5 Å². The Morgan fingerprint density at radius 3 is 2.23 bits per heavy atom. The molecule has 2 aromatic rings. The third kappa shape index (κ3) is 3.95. The smallest absolute Gasteiger partial charge is 0.315 e. The van der Waals surface area contributed by atoms with E-state index < -0.39 is 0 Å². The molecule has 1 aliphatic heterocycles. The first-order valence-electron chi connectivity index (χ1n) is 10.3. The molecule has 1 saturated carbocycles. The van der Waals surface area contributed by atoms with Crippen molar-refractivity contribution in [2.75, 3.05) is 12.0 Å². The first-order chi connectivity index (χ1) is 14.5. The monoisotopic (exact) mass is 407 g/mol. The predicted octanol–water partition coefficient (Wildman–Crippen LogP) is 3.77. The molecule has 1 saturated heterocycles. The van der Waals surface area contributed by atoms with Crippen LogP contribution in [0.3, 0.4) is 0 Å². The van der Waals surface area contributed by atoms with Crippen molar-refractivity contribution in [3.63, 3.8) is 0 Å². The lowest BCUT2D eigenvalue weighted by Gasteiger charge is -2.25. The number of methoxy groups -OCH3 is 1. The first-order valence-corrected chi connectivity index (χ1v) is 10.3. The van der Waals surface area contributed by atoms with Gasteiger partial charge < -0.3 is 9.47 Å². The van der Waals surface area contributed by atoms with Crippen LogP contribution in [-0.2, 0) is 20.8 Å². The van der Waals surface area contributed by atoms with E-state index >= 15 is 0 Å². The Hall–Kier alpha value is -3.15. The third-order valence-electron chi connectivity index (χ3n) is 6.02. The van der Waals surface area contributed by atoms with Crippen LogP contribution >= 0.6 is 0 Å². The zero-order valence-corrected chi connectivity index (χ0v) is 17.2. The number of esters is 1. The summed E-state index contributed by atoms with van der Waals surface area (Å²) in [4.78, 5) is 39.1. The van der Waals surface area contributed by atoms with Crippen LogP contribution < -0.4 is 14.4 Å². The fraction of sp³-hybridized carbons (Fsp3) is 0.375. The molecule has 0 radical (unpaired) electrons. The second-order valence-corrected chi connectivity index (χ2v) is 8.14. The lowest BCUT2D eigenvalue weighted by atomic mass is 9.76. The van der Waals surface area contributed by atoms with E-state index in [0.717, 1.165) is 30.6 Å². The van der Waals surface area contributed by atoms with E-state index in [1.165, 1.54) is 4.90 Å². The summed E-state index contributed by atoms with van der Waals surface area (Å²) in [5.41, 5.74) is 1.35. The molecular formula is C24H25NO5. The van der Waals surface area contributed by atoms with Gasteiger partial charge in [0, 0.05) is 0 Å². The molecule has 3 unspecified atom stereocenters. The quantitative estimate of drug-likeness (QED) is 0.429. The lowest BCUT2D eigenvalue weighted by Crippen LogP contribution is -2.30. The number of carbonyl (C=O) groups is 3. The standard InChI is InChI=1S/C24H25NO5/c1-15-3-12-20-21(13-15)24(28)25(23(20)27)17-6-10-19(11-7-17)30-22(26)14-16-4-8-18(29-2)9-5-16/h4-11,15,20-21H,3,12-14H2,1-2H3. The number of hydrogen-bond donors (Lipinski definition) is 0. The molecule has 6 nitrogen and oxygen atoms in total. The summed E-state index contributed by atoms with van der Waals surface area (Å²) in [6.07, 6.45) is 2.66. The molecule has 2 aromatic carbocycles. The van der Waals surface area contributed by atoms with E-state index in [1.807, 2.05) is 12.1 Å². The average Bonchev–Trinajstić information content (AvgIpc) is 2.99. The summed E-state index contributed by atoms with van der Waals surface area (Å²) in [7, 11) is 1.59. The first kappa shape index (κ1) is 20.1. The number of anilines is 1. The lowest BCUT2D eigenvalue weighted by molar-refractivity contribution is -0.133. The zero-order valence-electron chi connectivity index (χ0n) is 17.2. The number of hydrogen-bond acceptors (Lipinski definition) is 5. The summed E-state index contributed by atoms with van der Waals surface area (Å²) >= 11 is 0. The van der Waals surface area contributed by atoms with E-state index in [9.17, 15) is 14.4 Å². The van der Waals surface area contributed by atoms with Gasteiger partial charge in [0.2, 0.25) is 11.8 Å². The fourth-order valence-electron chi connectivity index (χ4n) is 4.38. The van der Waals surface area contributed by atoms with Crippen molar-refractivity contribution in [1.82, 2.24) is 0 Å². The maximum absolute atomic E-state index is 12.8. The van der Waals surface area contributed by atoms with Crippen LogP contribution in [0, 0.1) is 17.8 Å². The van der Waals surface area contributed by atoms with E-state index in [2.05, 4.69) is 6.92 Å². The van der Waals surface area contributed by atoms with Crippen molar-refractivity contribution in [1.29, 1.82) is 0 Å². The normalized spacial score (nSPS) is 23.3. The molecule has 30 heavy (non-hydrogen) atoms. The van der Waals surface area contributed by atoms with Crippen LogP contribution in [0.25, 0.3) is 0 Å². The van der Waals surface area contributed by atoms with Crippen LogP contribution in [0.15, 0.2) is 48.5 Å². The molecule has 0 spiro atoms. The largest absolute Gasteiger partial charge is 0.497 e. The van der Waals surface area contributed by atoms with E-state index in [4.69, 9.17) is 9.47 Å². The molecule has 0 aromatic heterocycles. The molecule has 6 heteroatoms. The second kappa shape index (κ2) is 8.30. The molecule has 2 fully saturated rings. The van der Waals surface area contributed by atoms with Crippen LogP contribution in [0.4, 0.5) is 5.69 Å². The van der Waals surface area contributed by atoms with Gasteiger partial charge in [-0.05, 0) is 67.1 Å². The van der Waals surface area contributed by atoms with Gasteiger partial charge in [0.1, 0.15) is 11.5 Å². The molecule has 1 heterocycles. The summed E-state index contributed by atoms with van der Waals surface area (Å²) in [5.74, 6) is 0.558. The van der Waals surface area contributed by atoms with Gasteiger partial charge in [0.05, 0.1) is 31.1 Å². The summed E-state index contributed by atoms with van der Waals surface area (Å²) < 4.78 is 10.5. The summed E-state index contributed by atoms with van der Waals surface area (Å²) in [5, 5.41) is 0. The maximum Gasteiger partial charge on any atom is 0.315 e. The molecule has 2 amide bonds. The minimum absolute atomic E-state index is 0.110. The number of fused-ring (bicyclic) bond motifs is 1. The average molecular weight is 407 g/mol. The molecule has 2 aliphatic rings.